The van der Waals surface area contributed by atoms with E-state index in [9.17, 15) is 0 Å². The first-order valence-electron chi connectivity index (χ1n) is 9.20. The fraction of sp³-hybridized carbons (Fsp3) is 0.300. The molecule has 5 rings (SSSR count). The van der Waals surface area contributed by atoms with Gasteiger partial charge in [-0.25, -0.2) is 19.9 Å². The van der Waals surface area contributed by atoms with Crippen LogP contribution in [0, 0.1) is 5.92 Å². The van der Waals surface area contributed by atoms with Crippen molar-refractivity contribution in [3.63, 3.8) is 0 Å². The van der Waals surface area contributed by atoms with Crippen LogP contribution in [0.2, 0.25) is 0 Å². The lowest BCUT2D eigenvalue weighted by molar-refractivity contribution is 0.509. The minimum atomic E-state index is 0.685. The van der Waals surface area contributed by atoms with Crippen LogP contribution >= 0.6 is 11.3 Å². The van der Waals surface area contributed by atoms with Crippen molar-refractivity contribution < 1.29 is 0 Å². The molecule has 0 spiro atoms. The van der Waals surface area contributed by atoms with Gasteiger partial charge in [0.1, 0.15) is 29.1 Å². The second-order valence-corrected chi connectivity index (χ2v) is 8.19. The van der Waals surface area contributed by atoms with Gasteiger partial charge in [0.05, 0.1) is 5.39 Å². The molecule has 1 aliphatic rings. The first kappa shape index (κ1) is 16.4. The van der Waals surface area contributed by atoms with Crippen molar-refractivity contribution in [3.8, 4) is 5.82 Å². The standard InChI is InChI=1S/C20H20N6S/c1-13-2-4-15-16(8-13)27-20-18(15)19(24-11-25-20)23-10-14-3-5-17(22-9-14)26-7-6-21-12-26/h3,5-7,9,11-13H,2,4,8,10H2,1H3,(H,23,24,25). The van der Waals surface area contributed by atoms with Gasteiger partial charge in [-0.2, -0.15) is 0 Å². The molecule has 27 heavy (non-hydrogen) atoms. The number of hydrogen-bond donors (Lipinski definition) is 1. The smallest absolute Gasteiger partial charge is 0.138 e. The molecule has 136 valence electrons. The van der Waals surface area contributed by atoms with Crippen LogP contribution in [0.25, 0.3) is 16.0 Å². The highest BCUT2D eigenvalue weighted by Crippen LogP contribution is 2.39. The van der Waals surface area contributed by atoms with Gasteiger partial charge in [-0.3, -0.25) is 4.57 Å². The maximum atomic E-state index is 4.53. The number of imidazole rings is 1. The third-order valence-corrected chi connectivity index (χ3v) is 6.29. The van der Waals surface area contributed by atoms with Gasteiger partial charge in [0.2, 0.25) is 0 Å². The Balaban J connectivity index is 1.39. The van der Waals surface area contributed by atoms with Crippen molar-refractivity contribution in [3.05, 3.63) is 59.4 Å². The first-order chi connectivity index (χ1) is 13.3. The monoisotopic (exact) mass is 376 g/mol. The summed E-state index contributed by atoms with van der Waals surface area (Å²) in [5.41, 5.74) is 2.56. The lowest BCUT2D eigenvalue weighted by atomic mass is 9.89. The summed E-state index contributed by atoms with van der Waals surface area (Å²) >= 11 is 1.83. The van der Waals surface area contributed by atoms with Crippen LogP contribution in [0.5, 0.6) is 0 Å². The molecule has 0 aliphatic heterocycles. The Morgan fingerprint density at radius 1 is 1.26 bits per heavy atom. The van der Waals surface area contributed by atoms with Crippen LogP contribution < -0.4 is 5.32 Å². The predicted octanol–water partition coefficient (Wildman–Crippen LogP) is 4.01. The zero-order valence-corrected chi connectivity index (χ0v) is 15.9. The van der Waals surface area contributed by atoms with Gasteiger partial charge in [-0.1, -0.05) is 13.0 Å². The quantitative estimate of drug-likeness (QED) is 0.583. The van der Waals surface area contributed by atoms with E-state index in [0.29, 0.717) is 6.54 Å². The van der Waals surface area contributed by atoms with E-state index in [4.69, 9.17) is 0 Å². The van der Waals surface area contributed by atoms with E-state index in [2.05, 4.69) is 38.2 Å². The Labute approximate surface area is 161 Å². The van der Waals surface area contributed by atoms with E-state index in [1.165, 1.54) is 22.2 Å². The van der Waals surface area contributed by atoms with Crippen molar-refractivity contribution in [2.75, 3.05) is 5.32 Å². The van der Waals surface area contributed by atoms with Crippen LogP contribution in [0.4, 0.5) is 5.82 Å². The summed E-state index contributed by atoms with van der Waals surface area (Å²) in [5, 5.41) is 4.72. The van der Waals surface area contributed by atoms with Crippen molar-refractivity contribution in [1.29, 1.82) is 0 Å². The van der Waals surface area contributed by atoms with E-state index < -0.39 is 0 Å². The van der Waals surface area contributed by atoms with Crippen LogP contribution in [0.3, 0.4) is 0 Å². The molecule has 1 unspecified atom stereocenters. The summed E-state index contributed by atoms with van der Waals surface area (Å²) in [6.45, 7) is 3.02. The van der Waals surface area contributed by atoms with Gasteiger partial charge in [-0.15, -0.1) is 11.3 Å². The van der Waals surface area contributed by atoms with Gasteiger partial charge in [0, 0.05) is 30.0 Å². The summed E-state index contributed by atoms with van der Waals surface area (Å²) < 4.78 is 1.89. The summed E-state index contributed by atoms with van der Waals surface area (Å²) in [5.74, 6) is 2.56. The molecule has 1 aliphatic carbocycles. The van der Waals surface area contributed by atoms with Crippen LogP contribution in [0.15, 0.2) is 43.4 Å². The number of nitrogens with one attached hydrogen (secondary N) is 1. The number of rotatable bonds is 4. The van der Waals surface area contributed by atoms with Gasteiger partial charge in [0.25, 0.3) is 0 Å². The van der Waals surface area contributed by atoms with Gasteiger partial charge < -0.3 is 5.32 Å². The molecular weight excluding hydrogens is 356 g/mol. The zero-order valence-electron chi connectivity index (χ0n) is 15.1. The number of thiophene rings is 1. The third-order valence-electron chi connectivity index (χ3n) is 5.13. The molecule has 1 N–H and O–H groups in total. The van der Waals surface area contributed by atoms with Crippen molar-refractivity contribution in [2.45, 2.75) is 32.7 Å². The highest BCUT2D eigenvalue weighted by Gasteiger charge is 2.22. The number of aromatic nitrogens is 5. The SMILES string of the molecule is CC1CCc2c(sc3ncnc(NCc4ccc(-n5ccnc5)nc4)c23)C1. The predicted molar refractivity (Wildman–Crippen MR) is 107 cm³/mol. The average Bonchev–Trinajstić information content (AvgIpc) is 3.34. The number of nitrogens with zero attached hydrogens (tertiary/aromatic N) is 5. The molecule has 4 aromatic heterocycles. The largest absolute Gasteiger partial charge is 0.365 e. The molecule has 0 amide bonds. The van der Waals surface area contributed by atoms with Gasteiger partial charge in [-0.05, 0) is 42.4 Å². The van der Waals surface area contributed by atoms with E-state index >= 15 is 0 Å². The van der Waals surface area contributed by atoms with Crippen molar-refractivity contribution >= 4 is 27.4 Å². The number of aryl methyl sites for hydroxylation is 1. The molecule has 7 heteroatoms. The Morgan fingerprint density at radius 2 is 2.22 bits per heavy atom. The van der Waals surface area contributed by atoms with Gasteiger partial charge in [0.15, 0.2) is 0 Å². The highest BCUT2D eigenvalue weighted by atomic mass is 32.1. The normalized spacial score (nSPS) is 16.4. The number of hydrogen-bond acceptors (Lipinski definition) is 6. The minimum Gasteiger partial charge on any atom is -0.365 e. The summed E-state index contributed by atoms with van der Waals surface area (Å²) in [6, 6.07) is 4.08. The molecule has 1 atom stereocenters. The molecule has 0 radical (unpaired) electrons. The fourth-order valence-electron chi connectivity index (χ4n) is 3.66. The summed E-state index contributed by atoms with van der Waals surface area (Å²) in [4.78, 5) is 20.2. The molecule has 0 fully saturated rings. The number of fused-ring (bicyclic) bond motifs is 3. The van der Waals surface area contributed by atoms with E-state index in [-0.39, 0.29) is 0 Å². The molecule has 0 saturated heterocycles. The summed E-state index contributed by atoms with van der Waals surface area (Å²) in [6.07, 6.45) is 12.5. The Bertz CT molecular complexity index is 1070. The maximum absolute atomic E-state index is 4.53. The Morgan fingerprint density at radius 3 is 3.04 bits per heavy atom. The highest BCUT2D eigenvalue weighted by molar-refractivity contribution is 7.19. The number of pyridine rings is 1. The first-order valence-corrected chi connectivity index (χ1v) is 10.0. The maximum Gasteiger partial charge on any atom is 0.138 e. The molecule has 4 heterocycles. The second-order valence-electron chi connectivity index (χ2n) is 7.10. The second kappa shape index (κ2) is 6.74. The molecule has 0 saturated carbocycles. The van der Waals surface area contributed by atoms with Crippen molar-refractivity contribution in [2.24, 2.45) is 5.92 Å². The lowest BCUT2D eigenvalue weighted by Gasteiger charge is -2.18. The molecule has 0 aromatic carbocycles. The van der Waals surface area contributed by atoms with Gasteiger partial charge >= 0.3 is 0 Å². The van der Waals surface area contributed by atoms with Crippen LogP contribution in [-0.4, -0.2) is 24.5 Å². The average molecular weight is 376 g/mol. The van der Waals surface area contributed by atoms with Crippen LogP contribution in [0.1, 0.15) is 29.3 Å². The molecule has 4 aromatic rings. The van der Waals surface area contributed by atoms with E-state index in [1.54, 1.807) is 18.9 Å². The van der Waals surface area contributed by atoms with E-state index in [1.807, 2.05) is 34.4 Å². The summed E-state index contributed by atoms with van der Waals surface area (Å²) in [7, 11) is 0. The number of anilines is 1. The third kappa shape index (κ3) is 3.08. The van der Waals surface area contributed by atoms with E-state index in [0.717, 1.165) is 40.8 Å². The minimum absolute atomic E-state index is 0.685. The molecular formula is C20H20N6S. The lowest BCUT2D eigenvalue weighted by Crippen LogP contribution is -2.09. The van der Waals surface area contributed by atoms with Crippen molar-refractivity contribution in [1.82, 2.24) is 24.5 Å². The topological polar surface area (TPSA) is 68.5 Å². The zero-order chi connectivity index (χ0) is 18.2. The Hall–Kier alpha value is -2.80. The van der Waals surface area contributed by atoms with Crippen LogP contribution in [-0.2, 0) is 19.4 Å². The molecule has 6 nitrogen and oxygen atoms in total. The molecule has 0 bridgehead atoms. The fourth-order valence-corrected chi connectivity index (χ4v) is 5.01. The Kier molecular flexibility index (Phi) is 4.09.